The zero-order valence-electron chi connectivity index (χ0n) is 17.6. The summed E-state index contributed by atoms with van der Waals surface area (Å²) in [6, 6.07) is 0. The summed E-state index contributed by atoms with van der Waals surface area (Å²) in [5.41, 5.74) is 0. The van der Waals surface area contributed by atoms with Crippen LogP contribution >= 0.6 is 0 Å². The lowest BCUT2D eigenvalue weighted by Crippen LogP contribution is -2.39. The molecule has 2 heteroatoms. The van der Waals surface area contributed by atoms with Crippen molar-refractivity contribution in [2.24, 2.45) is 0 Å². The summed E-state index contributed by atoms with van der Waals surface area (Å²) in [6.07, 6.45) is 26.3. The molecule has 0 fully saturated rings. The Morgan fingerprint density at radius 1 is 0.520 bits per heavy atom. The van der Waals surface area contributed by atoms with Gasteiger partial charge >= 0.3 is 0 Å². The largest absolute Gasteiger partial charge is 0.356 e. The van der Waals surface area contributed by atoms with Gasteiger partial charge in [0, 0.05) is 25.5 Å². The van der Waals surface area contributed by atoms with Crippen molar-refractivity contribution in [3.8, 4) is 0 Å². The van der Waals surface area contributed by atoms with Crippen molar-refractivity contribution in [1.82, 2.24) is 9.80 Å². The molecule has 0 aliphatic carbocycles. The number of rotatable bonds is 17. The highest BCUT2D eigenvalue weighted by atomic mass is 15.4. The molecule has 0 saturated carbocycles. The van der Waals surface area contributed by atoms with Gasteiger partial charge in [0.05, 0.1) is 0 Å². The van der Waals surface area contributed by atoms with Crippen LogP contribution in [0.25, 0.3) is 0 Å². The van der Waals surface area contributed by atoms with Gasteiger partial charge in [0.15, 0.2) is 0 Å². The second-order valence-electron chi connectivity index (χ2n) is 7.93. The summed E-state index contributed by atoms with van der Waals surface area (Å²) in [5, 5.41) is 0. The van der Waals surface area contributed by atoms with Crippen molar-refractivity contribution in [1.29, 1.82) is 0 Å². The zero-order valence-corrected chi connectivity index (χ0v) is 17.6. The first-order valence-electron chi connectivity index (χ1n) is 11.5. The molecule has 1 rings (SSSR count). The molecule has 0 N–H and O–H groups in total. The van der Waals surface area contributed by atoms with Crippen LogP contribution in [0.5, 0.6) is 0 Å². The predicted octanol–water partition coefficient (Wildman–Crippen LogP) is 7.31. The molecule has 1 aliphatic heterocycles. The second kappa shape index (κ2) is 15.6. The van der Waals surface area contributed by atoms with Gasteiger partial charge in [-0.05, 0) is 19.3 Å². The topological polar surface area (TPSA) is 6.48 Å². The number of nitrogens with zero attached hydrogens (tertiary/aromatic N) is 2. The third kappa shape index (κ3) is 10.2. The maximum atomic E-state index is 2.60. The third-order valence-corrected chi connectivity index (χ3v) is 5.55. The van der Waals surface area contributed by atoms with Gasteiger partial charge in [0.1, 0.15) is 6.17 Å². The summed E-state index contributed by atoms with van der Waals surface area (Å²) in [4.78, 5) is 5.18. The van der Waals surface area contributed by atoms with Crippen molar-refractivity contribution in [3.63, 3.8) is 0 Å². The zero-order chi connectivity index (χ0) is 18.2. The Hall–Kier alpha value is -0.660. The number of unbranched alkanes of at least 4 members (excludes halogenated alkanes) is 11. The molecule has 0 aromatic heterocycles. The molecule has 2 nitrogen and oxygen atoms in total. The summed E-state index contributed by atoms with van der Waals surface area (Å²) >= 11 is 0. The van der Waals surface area contributed by atoms with Crippen molar-refractivity contribution in [2.75, 3.05) is 13.1 Å². The smallest absolute Gasteiger partial charge is 0.101 e. The Kier molecular flexibility index (Phi) is 14.0. The molecule has 0 aromatic rings. The van der Waals surface area contributed by atoms with E-state index in [-0.39, 0.29) is 0 Å². The van der Waals surface area contributed by atoms with Crippen molar-refractivity contribution >= 4 is 0 Å². The van der Waals surface area contributed by atoms with E-state index in [0.717, 1.165) is 0 Å². The summed E-state index contributed by atoms with van der Waals surface area (Å²) in [6.45, 7) is 9.38. The van der Waals surface area contributed by atoms with Crippen LogP contribution in [0.3, 0.4) is 0 Å². The Morgan fingerprint density at radius 3 is 1.44 bits per heavy atom. The molecule has 0 aromatic carbocycles. The fraction of sp³-hybridized carbons (Fsp3) is 0.913. The molecule has 0 saturated heterocycles. The minimum absolute atomic E-state index is 0.639. The predicted molar refractivity (Wildman–Crippen MR) is 113 cm³/mol. The maximum absolute atomic E-state index is 2.60. The lowest BCUT2D eigenvalue weighted by Gasteiger charge is -2.32. The van der Waals surface area contributed by atoms with Crippen LogP contribution in [0, 0.1) is 0 Å². The van der Waals surface area contributed by atoms with Gasteiger partial charge in [-0.25, -0.2) is 0 Å². The van der Waals surface area contributed by atoms with E-state index in [1.54, 1.807) is 0 Å². The highest BCUT2D eigenvalue weighted by Gasteiger charge is 2.24. The van der Waals surface area contributed by atoms with Gasteiger partial charge in [0.2, 0.25) is 0 Å². The Balaban J connectivity index is 2.02. The van der Waals surface area contributed by atoms with E-state index in [9.17, 15) is 0 Å². The average Bonchev–Trinajstić information content (AvgIpc) is 3.00. The number of hydrogen-bond acceptors (Lipinski definition) is 2. The lowest BCUT2D eigenvalue weighted by molar-refractivity contribution is 0.138. The average molecular weight is 351 g/mol. The first-order valence-corrected chi connectivity index (χ1v) is 11.5. The van der Waals surface area contributed by atoms with E-state index in [2.05, 4.69) is 43.0 Å². The molecule has 25 heavy (non-hydrogen) atoms. The third-order valence-electron chi connectivity index (χ3n) is 5.55. The van der Waals surface area contributed by atoms with E-state index in [1.807, 2.05) is 0 Å². The molecule has 0 spiro atoms. The Labute approximate surface area is 159 Å². The molecule has 0 amide bonds. The highest BCUT2D eigenvalue weighted by molar-refractivity contribution is 4.96. The monoisotopic (exact) mass is 350 g/mol. The van der Waals surface area contributed by atoms with Crippen LogP contribution in [-0.2, 0) is 0 Å². The SMILES string of the molecule is CCCCCCCCCCCCCN1C=CN(CCCC)C1CCC. The second-order valence-corrected chi connectivity index (χ2v) is 7.93. The van der Waals surface area contributed by atoms with Gasteiger partial charge in [-0.1, -0.05) is 97.8 Å². The minimum Gasteiger partial charge on any atom is -0.356 e. The molecule has 148 valence electrons. The van der Waals surface area contributed by atoms with E-state index in [1.165, 1.54) is 109 Å². The van der Waals surface area contributed by atoms with Crippen molar-refractivity contribution < 1.29 is 0 Å². The van der Waals surface area contributed by atoms with Gasteiger partial charge in [-0.15, -0.1) is 0 Å². The van der Waals surface area contributed by atoms with Gasteiger partial charge < -0.3 is 9.80 Å². The molecule has 0 radical (unpaired) electrons. The Bertz CT molecular complexity index is 313. The normalized spacial score (nSPS) is 17.0. The summed E-state index contributed by atoms with van der Waals surface area (Å²) < 4.78 is 0. The van der Waals surface area contributed by atoms with Gasteiger partial charge in [-0.3, -0.25) is 0 Å². The quantitative estimate of drug-likeness (QED) is 0.254. The maximum Gasteiger partial charge on any atom is 0.101 e. The minimum atomic E-state index is 0.639. The van der Waals surface area contributed by atoms with Crippen LogP contribution in [0.4, 0.5) is 0 Å². The fourth-order valence-electron chi connectivity index (χ4n) is 3.90. The van der Waals surface area contributed by atoms with Crippen LogP contribution < -0.4 is 0 Å². The number of hydrogen-bond donors (Lipinski definition) is 0. The van der Waals surface area contributed by atoms with Crippen molar-refractivity contribution in [2.45, 2.75) is 123 Å². The molecule has 0 bridgehead atoms. The summed E-state index contributed by atoms with van der Waals surface area (Å²) in [7, 11) is 0. The van der Waals surface area contributed by atoms with Crippen LogP contribution in [0.1, 0.15) is 117 Å². The standard InChI is InChI=1S/C23H46N2/c1-4-7-9-10-11-12-13-14-15-16-17-20-25-22-21-24(19-8-5-2)23(25)18-6-3/h21-23H,4-20H2,1-3H3. The molecule has 1 atom stereocenters. The first-order chi connectivity index (χ1) is 12.3. The van der Waals surface area contributed by atoms with E-state index < -0.39 is 0 Å². The lowest BCUT2D eigenvalue weighted by atomic mass is 10.1. The van der Waals surface area contributed by atoms with Gasteiger partial charge in [-0.2, -0.15) is 0 Å². The molecular weight excluding hydrogens is 304 g/mol. The van der Waals surface area contributed by atoms with Crippen molar-refractivity contribution in [3.05, 3.63) is 12.4 Å². The molecule has 1 unspecified atom stereocenters. The van der Waals surface area contributed by atoms with E-state index in [4.69, 9.17) is 0 Å². The summed E-state index contributed by atoms with van der Waals surface area (Å²) in [5.74, 6) is 0. The fourth-order valence-corrected chi connectivity index (χ4v) is 3.90. The Morgan fingerprint density at radius 2 is 0.960 bits per heavy atom. The van der Waals surface area contributed by atoms with Crippen LogP contribution in [0.15, 0.2) is 12.4 Å². The molecule has 1 aliphatic rings. The van der Waals surface area contributed by atoms with E-state index in [0.29, 0.717) is 6.17 Å². The van der Waals surface area contributed by atoms with E-state index >= 15 is 0 Å². The van der Waals surface area contributed by atoms with Gasteiger partial charge in [0.25, 0.3) is 0 Å². The van der Waals surface area contributed by atoms with Crippen LogP contribution in [-0.4, -0.2) is 29.1 Å². The molecule has 1 heterocycles. The van der Waals surface area contributed by atoms with Crippen LogP contribution in [0.2, 0.25) is 0 Å². The first kappa shape index (κ1) is 22.4. The molecular formula is C23H46N2. The highest BCUT2D eigenvalue weighted by Crippen LogP contribution is 2.22.